The van der Waals surface area contributed by atoms with Gasteiger partial charge in [0.1, 0.15) is 5.78 Å². The van der Waals surface area contributed by atoms with Crippen LogP contribution in [0, 0.1) is 5.92 Å². The fourth-order valence-electron chi connectivity index (χ4n) is 3.59. The summed E-state index contributed by atoms with van der Waals surface area (Å²) < 4.78 is 77.8. The second kappa shape index (κ2) is 9.18. The van der Waals surface area contributed by atoms with E-state index in [0.717, 1.165) is 0 Å². The minimum absolute atomic E-state index is 0.0490. The number of Topliss-reactive ketones (excluding diaryl/α,β-unsaturated/α-hetero) is 1. The average Bonchev–Trinajstić information content (AvgIpc) is 2.66. The van der Waals surface area contributed by atoms with Crippen molar-refractivity contribution in [2.45, 2.75) is 57.4 Å². The van der Waals surface area contributed by atoms with E-state index in [1.165, 1.54) is 0 Å². The van der Waals surface area contributed by atoms with Crippen LogP contribution in [0.4, 0.5) is 26.3 Å². The molecule has 0 saturated carbocycles. The zero-order valence-corrected chi connectivity index (χ0v) is 17.6. The van der Waals surface area contributed by atoms with Gasteiger partial charge in [0.15, 0.2) is 0 Å². The molecule has 1 aromatic carbocycles. The van der Waals surface area contributed by atoms with E-state index in [0.29, 0.717) is 38.1 Å². The van der Waals surface area contributed by atoms with E-state index in [2.05, 4.69) is 5.32 Å². The van der Waals surface area contributed by atoms with Gasteiger partial charge in [-0.05, 0) is 63.4 Å². The lowest BCUT2D eigenvalue weighted by molar-refractivity contribution is -0.143. The van der Waals surface area contributed by atoms with Crippen LogP contribution in [0.2, 0.25) is 0 Å². The van der Waals surface area contributed by atoms with Crippen molar-refractivity contribution >= 4 is 11.7 Å². The molecule has 0 aromatic heterocycles. The fourth-order valence-corrected chi connectivity index (χ4v) is 3.59. The van der Waals surface area contributed by atoms with Crippen molar-refractivity contribution in [3.05, 3.63) is 34.9 Å². The van der Waals surface area contributed by atoms with Crippen LogP contribution in [0.15, 0.2) is 18.2 Å². The molecule has 1 N–H and O–H groups in total. The number of nitrogens with one attached hydrogen (secondary N) is 1. The van der Waals surface area contributed by atoms with E-state index in [-0.39, 0.29) is 29.9 Å². The summed E-state index contributed by atoms with van der Waals surface area (Å²) in [5.74, 6) is -0.557. The summed E-state index contributed by atoms with van der Waals surface area (Å²) in [6, 6.07) is 1.23. The Morgan fingerprint density at radius 3 is 1.87 bits per heavy atom. The number of nitrogens with zero attached hydrogens (tertiary/aromatic N) is 1. The molecule has 1 fully saturated rings. The highest BCUT2D eigenvalue weighted by atomic mass is 19.4. The second-order valence-corrected chi connectivity index (χ2v) is 8.44. The normalized spacial score (nSPS) is 16.5. The Morgan fingerprint density at radius 1 is 0.968 bits per heavy atom. The Labute approximate surface area is 177 Å². The number of carbonyl (C=O) groups is 2. The van der Waals surface area contributed by atoms with Gasteiger partial charge in [0, 0.05) is 25.9 Å². The molecule has 1 amide bonds. The van der Waals surface area contributed by atoms with Crippen LogP contribution in [0.25, 0.3) is 0 Å². The SMILES string of the molecule is CNC(C)(C)C(=O)N1CCC(CC(=O)Cc2cc(C(F)(F)F)cc(C(F)(F)F)c2)CC1. The van der Waals surface area contributed by atoms with Gasteiger partial charge < -0.3 is 10.2 Å². The van der Waals surface area contributed by atoms with E-state index >= 15 is 0 Å². The largest absolute Gasteiger partial charge is 0.416 e. The Bertz CT molecular complexity index is 777. The first kappa shape index (κ1) is 25.2. The van der Waals surface area contributed by atoms with Gasteiger partial charge in [0.05, 0.1) is 16.7 Å². The first-order chi connectivity index (χ1) is 14.1. The minimum Gasteiger partial charge on any atom is -0.341 e. The highest BCUT2D eigenvalue weighted by molar-refractivity contribution is 5.85. The lowest BCUT2D eigenvalue weighted by atomic mass is 9.89. The molecule has 174 valence electrons. The fraction of sp³-hybridized carbons (Fsp3) is 0.619. The third kappa shape index (κ3) is 6.69. The molecule has 0 radical (unpaired) electrons. The van der Waals surface area contributed by atoms with Crippen molar-refractivity contribution in [2.24, 2.45) is 5.92 Å². The molecule has 0 unspecified atom stereocenters. The number of hydrogen-bond acceptors (Lipinski definition) is 3. The van der Waals surface area contributed by atoms with Gasteiger partial charge in [-0.1, -0.05) is 0 Å². The summed E-state index contributed by atoms with van der Waals surface area (Å²) in [5, 5.41) is 2.93. The molecule has 0 bridgehead atoms. The maximum absolute atomic E-state index is 13.0. The monoisotopic (exact) mass is 452 g/mol. The van der Waals surface area contributed by atoms with Gasteiger partial charge in [-0.2, -0.15) is 26.3 Å². The number of halogens is 6. The third-order valence-electron chi connectivity index (χ3n) is 5.63. The molecule has 0 atom stereocenters. The highest BCUT2D eigenvalue weighted by Gasteiger charge is 2.37. The van der Waals surface area contributed by atoms with Crippen LogP contribution in [0.1, 0.15) is 49.8 Å². The lowest BCUT2D eigenvalue weighted by Gasteiger charge is -2.36. The van der Waals surface area contributed by atoms with Crippen molar-refractivity contribution in [1.82, 2.24) is 10.2 Å². The number of amides is 1. The van der Waals surface area contributed by atoms with E-state index < -0.39 is 41.2 Å². The first-order valence-electron chi connectivity index (χ1n) is 9.92. The molecule has 31 heavy (non-hydrogen) atoms. The number of carbonyl (C=O) groups excluding carboxylic acids is 2. The lowest BCUT2D eigenvalue weighted by Crippen LogP contribution is -2.54. The Kier molecular flexibility index (Phi) is 7.45. The standard InChI is InChI=1S/C21H26F6N2O2/c1-19(2,28-3)18(31)29-6-4-13(5-7-29)10-17(30)11-14-8-15(20(22,23)24)12-16(9-14)21(25,26)27/h8-9,12-13,28H,4-7,10-11H2,1-3H3. The average molecular weight is 452 g/mol. The zero-order valence-electron chi connectivity index (χ0n) is 17.6. The van der Waals surface area contributed by atoms with E-state index in [1.54, 1.807) is 25.8 Å². The molecule has 1 aliphatic rings. The number of hydrogen-bond donors (Lipinski definition) is 1. The maximum atomic E-state index is 13.0. The van der Waals surface area contributed by atoms with Crippen LogP contribution in [0.3, 0.4) is 0 Å². The van der Waals surface area contributed by atoms with Gasteiger partial charge in [0.2, 0.25) is 5.91 Å². The van der Waals surface area contributed by atoms with Gasteiger partial charge in [-0.25, -0.2) is 0 Å². The number of piperidine rings is 1. The van der Waals surface area contributed by atoms with Gasteiger partial charge in [0.25, 0.3) is 0 Å². The number of likely N-dealkylation sites (tertiary alicyclic amines) is 1. The van der Waals surface area contributed by atoms with Crippen LogP contribution < -0.4 is 5.32 Å². The molecule has 1 aromatic rings. The predicted octanol–water partition coefficient (Wildman–Crippen LogP) is 4.46. The van der Waals surface area contributed by atoms with Gasteiger partial charge in [-0.15, -0.1) is 0 Å². The highest BCUT2D eigenvalue weighted by Crippen LogP contribution is 2.36. The number of rotatable bonds is 6. The molecule has 1 saturated heterocycles. The van der Waals surface area contributed by atoms with Gasteiger partial charge >= 0.3 is 12.4 Å². The van der Waals surface area contributed by atoms with Crippen LogP contribution >= 0.6 is 0 Å². The molecule has 1 heterocycles. The topological polar surface area (TPSA) is 49.4 Å². The van der Waals surface area contributed by atoms with Gasteiger partial charge in [-0.3, -0.25) is 9.59 Å². The molecular weight excluding hydrogens is 426 g/mol. The molecule has 1 aliphatic heterocycles. The Balaban J connectivity index is 2.02. The molecule has 0 spiro atoms. The van der Waals surface area contributed by atoms with Crippen LogP contribution in [0.5, 0.6) is 0 Å². The van der Waals surface area contributed by atoms with Crippen molar-refractivity contribution in [1.29, 1.82) is 0 Å². The zero-order chi connectivity index (χ0) is 23.6. The molecular formula is C21H26F6N2O2. The predicted molar refractivity (Wildman–Crippen MR) is 102 cm³/mol. The smallest absolute Gasteiger partial charge is 0.341 e. The quantitative estimate of drug-likeness (QED) is 0.649. The van der Waals surface area contributed by atoms with E-state index in [4.69, 9.17) is 0 Å². The van der Waals surface area contributed by atoms with E-state index in [1.807, 2.05) is 0 Å². The Hall–Kier alpha value is -2.10. The van der Waals surface area contributed by atoms with Crippen molar-refractivity contribution in [3.63, 3.8) is 0 Å². The summed E-state index contributed by atoms with van der Waals surface area (Å²) in [7, 11) is 1.68. The summed E-state index contributed by atoms with van der Waals surface area (Å²) in [6.45, 7) is 4.41. The number of benzene rings is 1. The molecule has 4 nitrogen and oxygen atoms in total. The summed E-state index contributed by atoms with van der Waals surface area (Å²) in [6.07, 6.45) is -9.24. The van der Waals surface area contributed by atoms with Crippen molar-refractivity contribution in [3.8, 4) is 0 Å². The van der Waals surface area contributed by atoms with Crippen LogP contribution in [-0.2, 0) is 28.4 Å². The summed E-state index contributed by atoms with van der Waals surface area (Å²) >= 11 is 0. The number of ketones is 1. The number of likely N-dealkylation sites (N-methyl/N-ethyl adjacent to an activating group) is 1. The third-order valence-corrected chi connectivity index (χ3v) is 5.63. The molecule has 10 heteroatoms. The summed E-state index contributed by atoms with van der Waals surface area (Å²) in [4.78, 5) is 26.5. The molecule has 0 aliphatic carbocycles. The molecule has 2 rings (SSSR count). The van der Waals surface area contributed by atoms with E-state index in [9.17, 15) is 35.9 Å². The first-order valence-corrected chi connectivity index (χ1v) is 9.92. The Morgan fingerprint density at radius 2 is 1.45 bits per heavy atom. The van der Waals surface area contributed by atoms with Crippen molar-refractivity contribution in [2.75, 3.05) is 20.1 Å². The van der Waals surface area contributed by atoms with Crippen LogP contribution in [-0.4, -0.2) is 42.3 Å². The number of alkyl halides is 6. The minimum atomic E-state index is -4.94. The maximum Gasteiger partial charge on any atom is 0.416 e. The van der Waals surface area contributed by atoms with Crippen molar-refractivity contribution < 1.29 is 35.9 Å². The summed E-state index contributed by atoms with van der Waals surface area (Å²) in [5.41, 5.74) is -3.88. The second-order valence-electron chi connectivity index (χ2n) is 8.44.